The Balaban J connectivity index is 1.41. The van der Waals surface area contributed by atoms with Gasteiger partial charge in [0.2, 0.25) is 0 Å². The number of aliphatic hydroxyl groups is 1. The molecule has 2 aliphatic heterocycles. The highest BCUT2D eigenvalue weighted by atomic mass is 16.5. The summed E-state index contributed by atoms with van der Waals surface area (Å²) in [5.74, 6) is 0.687. The number of methoxy groups -OCH3 is 1. The first-order valence-electron chi connectivity index (χ1n) is 11.7. The standard InChI is InChI=1S/C25H33NO5/c1-16-13-20(27)24-9-3-11-26-12-4-10-25(24,26)21(28)15-19(24)23(16)31-22(29)14-17-5-7-18(30-2)8-6-17/h5-8,16,19-20,23,27H,3-4,9-15H2,1-2H3/t16-,19+,20-,23-,24+,25-/m0/s1. The molecule has 31 heavy (non-hydrogen) atoms. The van der Waals surface area contributed by atoms with Crippen molar-refractivity contribution in [2.24, 2.45) is 17.3 Å². The summed E-state index contributed by atoms with van der Waals surface area (Å²) in [6.07, 6.45) is 4.03. The second-order valence-corrected chi connectivity index (χ2v) is 10.0. The van der Waals surface area contributed by atoms with Crippen LogP contribution in [0.15, 0.2) is 24.3 Å². The van der Waals surface area contributed by atoms with Gasteiger partial charge in [-0.2, -0.15) is 0 Å². The second-order valence-electron chi connectivity index (χ2n) is 10.0. The van der Waals surface area contributed by atoms with E-state index in [4.69, 9.17) is 9.47 Å². The van der Waals surface area contributed by atoms with Gasteiger partial charge in [0.15, 0.2) is 5.78 Å². The molecule has 6 heteroatoms. The molecule has 0 aromatic heterocycles. The molecule has 2 heterocycles. The maximum Gasteiger partial charge on any atom is 0.310 e. The number of ether oxygens (including phenoxy) is 2. The molecule has 1 N–H and O–H groups in total. The number of esters is 1. The van der Waals surface area contributed by atoms with Gasteiger partial charge in [-0.15, -0.1) is 0 Å². The number of hydrogen-bond donors (Lipinski definition) is 1. The van der Waals surface area contributed by atoms with Crippen LogP contribution in [-0.2, 0) is 20.7 Å². The Morgan fingerprint density at radius 1 is 1.19 bits per heavy atom. The number of aliphatic hydroxyl groups excluding tert-OH is 1. The number of nitrogens with zero attached hydrogens (tertiary/aromatic N) is 1. The lowest BCUT2D eigenvalue weighted by Crippen LogP contribution is -2.69. The predicted molar refractivity (Wildman–Crippen MR) is 115 cm³/mol. The summed E-state index contributed by atoms with van der Waals surface area (Å²) in [5.41, 5.74) is -0.144. The van der Waals surface area contributed by atoms with Crippen molar-refractivity contribution in [3.63, 3.8) is 0 Å². The van der Waals surface area contributed by atoms with Crippen LogP contribution in [0.5, 0.6) is 5.75 Å². The summed E-state index contributed by atoms with van der Waals surface area (Å²) in [4.78, 5) is 28.8. The molecule has 0 bridgehead atoms. The third-order valence-corrected chi connectivity index (χ3v) is 8.75. The summed E-state index contributed by atoms with van der Waals surface area (Å²) in [6, 6.07) is 7.43. The van der Waals surface area contributed by atoms with Crippen molar-refractivity contribution < 1.29 is 24.2 Å². The quantitative estimate of drug-likeness (QED) is 0.745. The van der Waals surface area contributed by atoms with Crippen LogP contribution in [0.25, 0.3) is 0 Å². The summed E-state index contributed by atoms with van der Waals surface area (Å²) in [7, 11) is 1.62. The van der Waals surface area contributed by atoms with Gasteiger partial charge in [-0.05, 0) is 68.8 Å². The molecular formula is C25H33NO5. The number of hydrogen-bond acceptors (Lipinski definition) is 6. The number of Topliss-reactive ketones (excluding diaryl/α,β-unsaturated/α-hetero) is 1. The van der Waals surface area contributed by atoms with Crippen molar-refractivity contribution in [1.29, 1.82) is 0 Å². The third-order valence-electron chi connectivity index (χ3n) is 8.75. The van der Waals surface area contributed by atoms with Gasteiger partial charge >= 0.3 is 5.97 Å². The molecule has 0 amide bonds. The summed E-state index contributed by atoms with van der Waals surface area (Å²) in [5, 5.41) is 11.4. The summed E-state index contributed by atoms with van der Waals surface area (Å²) < 4.78 is 11.3. The van der Waals surface area contributed by atoms with Crippen LogP contribution in [0.4, 0.5) is 0 Å². The maximum absolute atomic E-state index is 13.5. The lowest BCUT2D eigenvalue weighted by molar-refractivity contribution is -0.200. The van der Waals surface area contributed by atoms with Gasteiger partial charge in [-0.1, -0.05) is 19.1 Å². The third kappa shape index (κ3) is 2.91. The summed E-state index contributed by atoms with van der Waals surface area (Å²) >= 11 is 0. The van der Waals surface area contributed by atoms with E-state index in [1.807, 2.05) is 31.2 Å². The maximum atomic E-state index is 13.5. The molecule has 6 nitrogen and oxygen atoms in total. The minimum absolute atomic E-state index is 0.0326. The first-order valence-corrected chi connectivity index (χ1v) is 11.7. The molecule has 5 rings (SSSR count). The van der Waals surface area contributed by atoms with E-state index in [9.17, 15) is 14.7 Å². The van der Waals surface area contributed by atoms with Crippen LogP contribution in [0.2, 0.25) is 0 Å². The van der Waals surface area contributed by atoms with Crippen LogP contribution in [0, 0.1) is 17.3 Å². The van der Waals surface area contributed by atoms with E-state index >= 15 is 0 Å². The highest BCUT2D eigenvalue weighted by molar-refractivity contribution is 5.93. The zero-order valence-corrected chi connectivity index (χ0v) is 18.5. The Kier molecular flexibility index (Phi) is 5.13. The van der Waals surface area contributed by atoms with Gasteiger partial charge in [-0.25, -0.2) is 0 Å². The molecule has 1 aromatic carbocycles. The average molecular weight is 428 g/mol. The molecule has 4 fully saturated rings. The summed E-state index contributed by atoms with van der Waals surface area (Å²) in [6.45, 7) is 3.92. The lowest BCUT2D eigenvalue weighted by atomic mass is 9.52. The minimum atomic E-state index is -0.546. The van der Waals surface area contributed by atoms with Crippen molar-refractivity contribution in [2.75, 3.05) is 20.2 Å². The van der Waals surface area contributed by atoms with E-state index in [1.54, 1.807) is 7.11 Å². The SMILES string of the molecule is COc1ccc(CC(=O)O[C@@H]2[C@H]3CC(=O)[C@]45CCCN4CCC[C@]35[C@@H](O)C[C@@H]2C)cc1. The number of carbonyl (C=O) groups excluding carboxylic acids is 2. The number of carbonyl (C=O) groups is 2. The largest absolute Gasteiger partial charge is 0.497 e. The van der Waals surface area contributed by atoms with Gasteiger partial charge in [0, 0.05) is 17.8 Å². The van der Waals surface area contributed by atoms with E-state index in [-0.39, 0.29) is 36.1 Å². The van der Waals surface area contributed by atoms with Gasteiger partial charge < -0.3 is 14.6 Å². The first kappa shape index (κ1) is 21.0. The smallest absolute Gasteiger partial charge is 0.310 e. The Bertz CT molecular complexity index is 869. The Morgan fingerprint density at radius 3 is 2.61 bits per heavy atom. The topological polar surface area (TPSA) is 76.1 Å². The van der Waals surface area contributed by atoms with E-state index < -0.39 is 17.1 Å². The predicted octanol–water partition coefficient (Wildman–Crippen LogP) is 2.75. The monoisotopic (exact) mass is 427 g/mol. The van der Waals surface area contributed by atoms with Crippen molar-refractivity contribution in [3.05, 3.63) is 29.8 Å². The van der Waals surface area contributed by atoms with Crippen LogP contribution in [0.1, 0.15) is 51.0 Å². The van der Waals surface area contributed by atoms with Gasteiger partial charge in [0.1, 0.15) is 11.9 Å². The number of piperidine rings is 1. The Morgan fingerprint density at radius 2 is 1.90 bits per heavy atom. The fourth-order valence-corrected chi connectivity index (χ4v) is 7.59. The normalized spacial score (nSPS) is 39.5. The molecule has 1 aromatic rings. The van der Waals surface area contributed by atoms with Gasteiger partial charge in [-0.3, -0.25) is 14.5 Å². The minimum Gasteiger partial charge on any atom is -0.497 e. The zero-order valence-electron chi connectivity index (χ0n) is 18.5. The Hall–Kier alpha value is -1.92. The van der Waals surface area contributed by atoms with Crippen molar-refractivity contribution in [1.82, 2.24) is 4.90 Å². The molecule has 0 radical (unpaired) electrons. The molecule has 6 atom stereocenters. The van der Waals surface area contributed by atoms with E-state index in [0.717, 1.165) is 50.1 Å². The molecule has 0 unspecified atom stereocenters. The van der Waals surface area contributed by atoms with Crippen LogP contribution < -0.4 is 4.74 Å². The van der Waals surface area contributed by atoms with Gasteiger partial charge in [0.25, 0.3) is 0 Å². The van der Waals surface area contributed by atoms with Crippen molar-refractivity contribution in [3.8, 4) is 5.75 Å². The molecule has 2 spiro atoms. The van der Waals surface area contributed by atoms with Crippen molar-refractivity contribution in [2.45, 2.75) is 69.6 Å². The average Bonchev–Trinajstić information content (AvgIpc) is 3.31. The van der Waals surface area contributed by atoms with Crippen LogP contribution >= 0.6 is 0 Å². The van der Waals surface area contributed by atoms with Crippen molar-refractivity contribution >= 4 is 11.8 Å². The molecule has 168 valence electrons. The van der Waals surface area contributed by atoms with E-state index in [0.29, 0.717) is 12.8 Å². The lowest BCUT2D eigenvalue weighted by Gasteiger charge is -2.59. The molecule has 2 aliphatic carbocycles. The second kappa shape index (κ2) is 7.59. The van der Waals surface area contributed by atoms with Gasteiger partial charge in [0.05, 0.1) is 25.2 Å². The molecule has 2 saturated carbocycles. The highest BCUT2D eigenvalue weighted by Gasteiger charge is 2.75. The number of benzene rings is 1. The van der Waals surface area contributed by atoms with Crippen LogP contribution in [-0.4, -0.2) is 59.7 Å². The van der Waals surface area contributed by atoms with Crippen LogP contribution in [0.3, 0.4) is 0 Å². The number of rotatable bonds is 4. The zero-order chi connectivity index (χ0) is 21.8. The van der Waals surface area contributed by atoms with E-state index in [2.05, 4.69) is 4.90 Å². The Labute approximate surface area is 183 Å². The molecular weight excluding hydrogens is 394 g/mol. The molecule has 4 aliphatic rings. The first-order chi connectivity index (χ1) is 14.9. The fourth-order valence-electron chi connectivity index (χ4n) is 7.59. The fraction of sp³-hybridized carbons (Fsp3) is 0.680. The number of ketones is 1. The molecule has 2 saturated heterocycles. The highest BCUT2D eigenvalue weighted by Crippen LogP contribution is 2.66. The van der Waals surface area contributed by atoms with E-state index in [1.165, 1.54) is 0 Å².